The number of ether oxygens (including phenoxy) is 1. The van der Waals surface area contributed by atoms with E-state index in [1.807, 2.05) is 39.2 Å². The van der Waals surface area contributed by atoms with Crippen LogP contribution in [0.15, 0.2) is 23.3 Å². The molecule has 1 aliphatic rings. The number of guanidine groups is 1. The summed E-state index contributed by atoms with van der Waals surface area (Å²) in [4.78, 5) is 11.2. The molecule has 148 valence electrons. The Labute approximate surface area is 175 Å². The molecule has 0 aliphatic carbocycles. The van der Waals surface area contributed by atoms with Crippen molar-refractivity contribution in [1.82, 2.24) is 20.5 Å². The third kappa shape index (κ3) is 7.65. The Kier molecular flexibility index (Phi) is 10.2. The number of rotatable bonds is 6. The molecule has 1 aliphatic heterocycles. The first-order valence-electron chi connectivity index (χ1n) is 9.30. The molecule has 2 heterocycles. The van der Waals surface area contributed by atoms with E-state index in [1.54, 1.807) is 0 Å². The number of nitrogens with zero attached hydrogens (tertiary/aromatic N) is 3. The summed E-state index contributed by atoms with van der Waals surface area (Å²) in [6.45, 7) is 11.5. The Balaban J connectivity index is 0.00000338. The number of aliphatic imine (C=N–C) groups is 1. The quantitative estimate of drug-likeness (QED) is 0.377. The molecule has 0 amide bonds. The van der Waals surface area contributed by atoms with Crippen LogP contribution in [0.3, 0.4) is 0 Å². The zero-order chi connectivity index (χ0) is 18.2. The van der Waals surface area contributed by atoms with E-state index in [2.05, 4.69) is 39.4 Å². The van der Waals surface area contributed by atoms with Gasteiger partial charge in [0.2, 0.25) is 5.88 Å². The van der Waals surface area contributed by atoms with Gasteiger partial charge in [-0.2, -0.15) is 0 Å². The predicted molar refractivity (Wildman–Crippen MR) is 118 cm³/mol. The normalized spacial score (nSPS) is 16.5. The van der Waals surface area contributed by atoms with Crippen LogP contribution >= 0.6 is 24.0 Å². The Morgan fingerprint density at radius 3 is 2.46 bits per heavy atom. The molecule has 2 rings (SSSR count). The van der Waals surface area contributed by atoms with E-state index in [4.69, 9.17) is 4.74 Å². The lowest BCUT2D eigenvalue weighted by atomic mass is 10.0. The number of piperidine rings is 1. The maximum atomic E-state index is 5.57. The number of hydrogen-bond acceptors (Lipinski definition) is 4. The van der Waals surface area contributed by atoms with Crippen LogP contribution in [0.5, 0.6) is 5.88 Å². The summed E-state index contributed by atoms with van der Waals surface area (Å²) >= 11 is 0. The van der Waals surface area contributed by atoms with Gasteiger partial charge in [0.05, 0.1) is 6.10 Å². The molecule has 0 unspecified atom stereocenters. The van der Waals surface area contributed by atoms with E-state index in [0.717, 1.165) is 37.5 Å². The molecule has 1 aromatic rings. The van der Waals surface area contributed by atoms with Crippen LogP contribution in [0.4, 0.5) is 0 Å². The first-order chi connectivity index (χ1) is 12.0. The number of halogens is 1. The number of hydrogen-bond donors (Lipinski definition) is 2. The second kappa shape index (κ2) is 11.6. The molecule has 0 bridgehead atoms. The molecule has 0 atom stereocenters. The lowest BCUT2D eigenvalue weighted by molar-refractivity contribution is 0.167. The van der Waals surface area contributed by atoms with Crippen molar-refractivity contribution in [2.24, 2.45) is 4.99 Å². The minimum atomic E-state index is 0. The van der Waals surface area contributed by atoms with E-state index in [1.165, 1.54) is 0 Å². The van der Waals surface area contributed by atoms with Gasteiger partial charge in [-0.15, -0.1) is 24.0 Å². The summed E-state index contributed by atoms with van der Waals surface area (Å²) in [6.07, 6.45) is 4.30. The predicted octanol–water partition coefficient (Wildman–Crippen LogP) is 3.02. The van der Waals surface area contributed by atoms with Crippen LogP contribution in [0.25, 0.3) is 0 Å². The molecule has 6 nitrogen and oxygen atoms in total. The van der Waals surface area contributed by atoms with Gasteiger partial charge in [-0.25, -0.2) is 4.98 Å². The van der Waals surface area contributed by atoms with Gasteiger partial charge in [0, 0.05) is 51.0 Å². The van der Waals surface area contributed by atoms with Gasteiger partial charge in [0.15, 0.2) is 5.96 Å². The largest absolute Gasteiger partial charge is 0.475 e. The number of likely N-dealkylation sites (tertiary alicyclic amines) is 1. The average Bonchev–Trinajstić information content (AvgIpc) is 2.59. The average molecular weight is 475 g/mol. The van der Waals surface area contributed by atoms with E-state index in [9.17, 15) is 0 Å². The van der Waals surface area contributed by atoms with Gasteiger partial charge < -0.3 is 20.3 Å². The highest BCUT2D eigenvalue weighted by molar-refractivity contribution is 14.0. The fraction of sp³-hybridized carbons (Fsp3) is 0.684. The van der Waals surface area contributed by atoms with E-state index < -0.39 is 0 Å². The molecule has 0 saturated carbocycles. The third-order valence-corrected chi connectivity index (χ3v) is 4.44. The summed E-state index contributed by atoms with van der Waals surface area (Å²) in [6, 6.07) is 5.07. The van der Waals surface area contributed by atoms with Crippen LogP contribution < -0.4 is 15.4 Å². The maximum absolute atomic E-state index is 5.57. The minimum absolute atomic E-state index is 0. The minimum Gasteiger partial charge on any atom is -0.475 e. The van der Waals surface area contributed by atoms with Crippen molar-refractivity contribution >= 4 is 29.9 Å². The first-order valence-corrected chi connectivity index (χ1v) is 9.30. The first kappa shape index (κ1) is 23.0. The highest BCUT2D eigenvalue weighted by Crippen LogP contribution is 2.13. The summed E-state index contributed by atoms with van der Waals surface area (Å²) in [5.41, 5.74) is 1.11. The molecule has 1 fully saturated rings. The molecular formula is C19H34IN5O. The molecule has 26 heavy (non-hydrogen) atoms. The van der Waals surface area contributed by atoms with E-state index in [-0.39, 0.29) is 30.1 Å². The molecule has 7 heteroatoms. The van der Waals surface area contributed by atoms with Crippen LogP contribution in [0, 0.1) is 0 Å². The number of pyridine rings is 1. The van der Waals surface area contributed by atoms with Crippen LogP contribution in [-0.2, 0) is 6.54 Å². The molecule has 0 aromatic carbocycles. The van der Waals surface area contributed by atoms with E-state index in [0.29, 0.717) is 24.5 Å². The number of aromatic nitrogens is 1. The number of nitrogens with one attached hydrogen (secondary N) is 2. The highest BCUT2D eigenvalue weighted by atomic mass is 127. The lowest BCUT2D eigenvalue weighted by Crippen LogP contribution is -2.49. The zero-order valence-corrected chi connectivity index (χ0v) is 19.0. The van der Waals surface area contributed by atoms with Gasteiger partial charge in [-0.1, -0.05) is 6.07 Å². The molecule has 1 saturated heterocycles. The molecule has 2 N–H and O–H groups in total. The molecular weight excluding hydrogens is 441 g/mol. The smallest absolute Gasteiger partial charge is 0.213 e. The van der Waals surface area contributed by atoms with Gasteiger partial charge >= 0.3 is 0 Å². The standard InChI is InChI=1S/C19H33N5O.HI/c1-14(2)24-10-8-17(9-11-24)23-19(20-5)22-13-16-6-7-18(21-12-16)25-15(3)4;/h6-7,12,14-15,17H,8-11,13H2,1-5H3,(H2,20,22,23);1H. The fourth-order valence-electron chi connectivity index (χ4n) is 2.96. The Bertz CT molecular complexity index is 539. The molecule has 1 aromatic heterocycles. The van der Waals surface area contributed by atoms with Crippen molar-refractivity contribution in [1.29, 1.82) is 0 Å². The Morgan fingerprint density at radius 1 is 1.27 bits per heavy atom. The zero-order valence-electron chi connectivity index (χ0n) is 16.7. The van der Waals surface area contributed by atoms with Crippen LogP contribution in [0.2, 0.25) is 0 Å². The van der Waals surface area contributed by atoms with Crippen LogP contribution in [-0.4, -0.2) is 54.2 Å². The SMILES string of the molecule is CN=C(NCc1ccc(OC(C)C)nc1)NC1CCN(C(C)C)CC1.I. The van der Waals surface area contributed by atoms with Crippen molar-refractivity contribution in [3.63, 3.8) is 0 Å². The van der Waals surface area contributed by atoms with Crippen molar-refractivity contribution < 1.29 is 4.74 Å². The lowest BCUT2D eigenvalue weighted by Gasteiger charge is -2.35. The second-order valence-corrected chi connectivity index (χ2v) is 7.15. The Morgan fingerprint density at radius 2 is 1.96 bits per heavy atom. The Hall–Kier alpha value is -1.09. The van der Waals surface area contributed by atoms with Gasteiger partial charge in [0.1, 0.15) is 0 Å². The summed E-state index contributed by atoms with van der Waals surface area (Å²) in [5, 5.41) is 6.91. The molecule has 0 radical (unpaired) electrons. The summed E-state index contributed by atoms with van der Waals surface area (Å²) < 4.78 is 5.57. The van der Waals surface area contributed by atoms with Crippen molar-refractivity contribution in [3.8, 4) is 5.88 Å². The van der Waals surface area contributed by atoms with Crippen molar-refractivity contribution in [3.05, 3.63) is 23.9 Å². The monoisotopic (exact) mass is 475 g/mol. The maximum Gasteiger partial charge on any atom is 0.213 e. The molecule has 0 spiro atoms. The summed E-state index contributed by atoms with van der Waals surface area (Å²) in [7, 11) is 1.82. The summed E-state index contributed by atoms with van der Waals surface area (Å²) in [5.74, 6) is 1.52. The van der Waals surface area contributed by atoms with Crippen molar-refractivity contribution in [2.75, 3.05) is 20.1 Å². The third-order valence-electron chi connectivity index (χ3n) is 4.44. The fourth-order valence-corrected chi connectivity index (χ4v) is 2.96. The van der Waals surface area contributed by atoms with Crippen molar-refractivity contribution in [2.45, 2.75) is 65.3 Å². The van der Waals surface area contributed by atoms with Gasteiger partial charge in [0.25, 0.3) is 0 Å². The topological polar surface area (TPSA) is 61.8 Å². The second-order valence-electron chi connectivity index (χ2n) is 7.15. The van der Waals surface area contributed by atoms with Crippen LogP contribution in [0.1, 0.15) is 46.1 Å². The van der Waals surface area contributed by atoms with Gasteiger partial charge in [-0.05, 0) is 46.1 Å². The highest BCUT2D eigenvalue weighted by Gasteiger charge is 2.21. The van der Waals surface area contributed by atoms with Gasteiger partial charge in [-0.3, -0.25) is 4.99 Å². The van der Waals surface area contributed by atoms with E-state index >= 15 is 0 Å².